The topological polar surface area (TPSA) is 95.1 Å². The number of carboxylic acid groups (broad SMARTS) is 1. The van der Waals surface area contributed by atoms with Gasteiger partial charge in [-0.1, -0.05) is 12.1 Å². The molecule has 1 aliphatic rings. The highest BCUT2D eigenvalue weighted by atomic mass is 16.4. The Labute approximate surface area is 127 Å². The fraction of sp³-hybridized carbons (Fsp3) is 0.312. The van der Waals surface area contributed by atoms with Gasteiger partial charge in [0.25, 0.3) is 5.91 Å². The van der Waals surface area contributed by atoms with Gasteiger partial charge in [0.05, 0.1) is 0 Å². The molecule has 114 valence electrons. The highest BCUT2D eigenvalue weighted by Gasteiger charge is 2.26. The van der Waals surface area contributed by atoms with Gasteiger partial charge in [-0.25, -0.2) is 0 Å². The number of anilines is 1. The number of carbonyl (C=O) groups excluding carboxylic acids is 1. The minimum atomic E-state index is -0.817. The molecule has 3 rings (SSSR count). The van der Waals surface area contributed by atoms with Gasteiger partial charge >= 0.3 is 5.97 Å². The van der Waals surface area contributed by atoms with E-state index in [1.54, 1.807) is 18.2 Å². The maximum Gasteiger partial charge on any atom is 0.303 e. The number of benzene rings is 1. The van der Waals surface area contributed by atoms with E-state index in [9.17, 15) is 9.59 Å². The number of aryl methyl sites for hydroxylation is 1. The summed E-state index contributed by atoms with van der Waals surface area (Å²) in [5, 5.41) is 18.4. The molecule has 1 aromatic heterocycles. The molecule has 1 aliphatic carbocycles. The lowest BCUT2D eigenvalue weighted by Crippen LogP contribution is -2.12. The third kappa shape index (κ3) is 3.52. The lowest BCUT2D eigenvalue weighted by Gasteiger charge is -2.04. The van der Waals surface area contributed by atoms with Crippen LogP contribution in [0, 0.1) is 0 Å². The summed E-state index contributed by atoms with van der Waals surface area (Å²) in [5.74, 6) is -0.536. The van der Waals surface area contributed by atoms with Gasteiger partial charge in [-0.05, 0) is 43.0 Å². The Bertz CT molecular complexity index is 687. The van der Waals surface area contributed by atoms with Crippen molar-refractivity contribution < 1.29 is 14.7 Å². The predicted octanol–water partition coefficient (Wildman–Crippen LogP) is 2.56. The van der Waals surface area contributed by atoms with E-state index in [2.05, 4.69) is 15.5 Å². The van der Waals surface area contributed by atoms with Crippen LogP contribution in [0.4, 0.5) is 5.69 Å². The molecule has 1 heterocycles. The zero-order chi connectivity index (χ0) is 15.5. The molecule has 0 aliphatic heterocycles. The Morgan fingerprint density at radius 2 is 2.00 bits per heavy atom. The molecule has 0 atom stereocenters. The van der Waals surface area contributed by atoms with E-state index < -0.39 is 5.97 Å². The van der Waals surface area contributed by atoms with Crippen molar-refractivity contribution in [2.24, 2.45) is 0 Å². The van der Waals surface area contributed by atoms with Gasteiger partial charge < -0.3 is 10.4 Å². The molecule has 2 aromatic rings. The molecule has 6 nitrogen and oxygen atoms in total. The molecule has 0 radical (unpaired) electrons. The van der Waals surface area contributed by atoms with Crippen LogP contribution in [0.5, 0.6) is 0 Å². The maximum atomic E-state index is 12.1. The minimum absolute atomic E-state index is 0.100. The molecular weight excluding hydrogens is 282 g/mol. The smallest absolute Gasteiger partial charge is 0.303 e. The highest BCUT2D eigenvalue weighted by Crippen LogP contribution is 2.39. The number of carbonyl (C=O) groups is 2. The Balaban J connectivity index is 1.59. The first-order valence-corrected chi connectivity index (χ1v) is 7.29. The van der Waals surface area contributed by atoms with Crippen molar-refractivity contribution in [3.05, 3.63) is 47.3 Å². The molecular formula is C16H17N3O3. The average Bonchev–Trinajstić information content (AvgIpc) is 3.23. The largest absolute Gasteiger partial charge is 0.481 e. The first-order chi connectivity index (χ1) is 10.6. The maximum absolute atomic E-state index is 12.1. The lowest BCUT2D eigenvalue weighted by molar-refractivity contribution is -0.136. The first kappa shape index (κ1) is 14.3. The molecule has 1 fully saturated rings. The summed E-state index contributed by atoms with van der Waals surface area (Å²) in [6, 6.07) is 8.97. The molecule has 0 spiro atoms. The molecule has 0 saturated heterocycles. The summed E-state index contributed by atoms with van der Waals surface area (Å²) in [7, 11) is 0. The monoisotopic (exact) mass is 299 g/mol. The van der Waals surface area contributed by atoms with Crippen molar-refractivity contribution in [2.75, 3.05) is 5.32 Å². The van der Waals surface area contributed by atoms with Crippen LogP contribution in [-0.2, 0) is 11.2 Å². The number of carboxylic acids is 1. The molecule has 1 saturated carbocycles. The minimum Gasteiger partial charge on any atom is -0.481 e. The van der Waals surface area contributed by atoms with Crippen LogP contribution in [0.15, 0.2) is 30.3 Å². The number of aliphatic carboxylic acids is 1. The second kappa shape index (κ2) is 6.01. The van der Waals surface area contributed by atoms with Crippen molar-refractivity contribution in [1.29, 1.82) is 0 Å². The molecule has 6 heteroatoms. The predicted molar refractivity (Wildman–Crippen MR) is 80.9 cm³/mol. The van der Waals surface area contributed by atoms with Gasteiger partial charge in [-0.15, -0.1) is 0 Å². The fourth-order valence-corrected chi connectivity index (χ4v) is 2.26. The number of hydrogen-bond donors (Lipinski definition) is 3. The molecule has 0 unspecified atom stereocenters. The van der Waals surface area contributed by atoms with Gasteiger partial charge in [0.2, 0.25) is 0 Å². The van der Waals surface area contributed by atoms with Gasteiger partial charge in [0, 0.05) is 23.7 Å². The van der Waals surface area contributed by atoms with E-state index in [1.165, 1.54) is 0 Å². The Hall–Kier alpha value is -2.63. The second-order valence-electron chi connectivity index (χ2n) is 5.53. The number of nitrogens with one attached hydrogen (secondary N) is 2. The molecule has 1 aromatic carbocycles. The number of nitrogens with zero attached hydrogens (tertiary/aromatic N) is 1. The zero-order valence-corrected chi connectivity index (χ0v) is 12.0. The first-order valence-electron chi connectivity index (χ1n) is 7.29. The number of aromatic amines is 1. The lowest BCUT2D eigenvalue weighted by atomic mass is 10.1. The standard InChI is InChI=1S/C16H17N3O3/c20-15(21)8-3-10-1-6-12(7-2-10)17-16(22)14-9-13(18-19-14)11-4-5-11/h1-2,6-7,9,11H,3-5,8H2,(H,17,22)(H,18,19)(H,20,21). The number of amides is 1. The van der Waals surface area contributed by atoms with E-state index in [0.29, 0.717) is 23.7 Å². The normalized spacial score (nSPS) is 13.8. The molecule has 0 bridgehead atoms. The average molecular weight is 299 g/mol. The third-order valence-corrected chi connectivity index (χ3v) is 3.69. The van der Waals surface area contributed by atoms with E-state index >= 15 is 0 Å². The quantitative estimate of drug-likeness (QED) is 0.764. The summed E-state index contributed by atoms with van der Waals surface area (Å²) in [5.41, 5.74) is 3.00. The summed E-state index contributed by atoms with van der Waals surface area (Å²) in [6.45, 7) is 0. The van der Waals surface area contributed by atoms with Gasteiger partial charge in [-0.3, -0.25) is 14.7 Å². The Morgan fingerprint density at radius 1 is 1.27 bits per heavy atom. The van der Waals surface area contributed by atoms with Crippen LogP contribution in [-0.4, -0.2) is 27.2 Å². The van der Waals surface area contributed by atoms with E-state index in [4.69, 9.17) is 5.11 Å². The van der Waals surface area contributed by atoms with Crippen molar-refractivity contribution >= 4 is 17.6 Å². The zero-order valence-electron chi connectivity index (χ0n) is 12.0. The summed E-state index contributed by atoms with van der Waals surface area (Å²) in [4.78, 5) is 22.6. The molecule has 3 N–H and O–H groups in total. The number of aromatic nitrogens is 2. The van der Waals surface area contributed by atoms with E-state index in [0.717, 1.165) is 24.1 Å². The highest BCUT2D eigenvalue weighted by molar-refractivity contribution is 6.02. The van der Waals surface area contributed by atoms with Crippen LogP contribution >= 0.6 is 0 Å². The summed E-state index contributed by atoms with van der Waals surface area (Å²) >= 11 is 0. The fourth-order valence-electron chi connectivity index (χ4n) is 2.26. The SMILES string of the molecule is O=C(O)CCc1ccc(NC(=O)c2cc(C3CC3)[nH]n2)cc1. The molecule has 22 heavy (non-hydrogen) atoms. The van der Waals surface area contributed by atoms with Crippen LogP contribution < -0.4 is 5.32 Å². The summed E-state index contributed by atoms with van der Waals surface area (Å²) < 4.78 is 0. The van der Waals surface area contributed by atoms with Crippen molar-refractivity contribution in [1.82, 2.24) is 10.2 Å². The third-order valence-electron chi connectivity index (χ3n) is 3.69. The Morgan fingerprint density at radius 3 is 2.64 bits per heavy atom. The van der Waals surface area contributed by atoms with Crippen LogP contribution in [0.1, 0.15) is 46.9 Å². The number of rotatable bonds is 6. The molecule has 1 amide bonds. The van der Waals surface area contributed by atoms with Crippen LogP contribution in [0.3, 0.4) is 0 Å². The second-order valence-corrected chi connectivity index (χ2v) is 5.53. The van der Waals surface area contributed by atoms with Gasteiger partial charge in [-0.2, -0.15) is 5.10 Å². The number of hydrogen-bond acceptors (Lipinski definition) is 3. The van der Waals surface area contributed by atoms with E-state index in [1.807, 2.05) is 12.1 Å². The summed E-state index contributed by atoms with van der Waals surface area (Å²) in [6.07, 6.45) is 2.89. The van der Waals surface area contributed by atoms with Crippen molar-refractivity contribution in [3.63, 3.8) is 0 Å². The van der Waals surface area contributed by atoms with Crippen molar-refractivity contribution in [2.45, 2.75) is 31.6 Å². The van der Waals surface area contributed by atoms with Crippen LogP contribution in [0.25, 0.3) is 0 Å². The van der Waals surface area contributed by atoms with Gasteiger partial charge in [0.1, 0.15) is 0 Å². The number of H-pyrrole nitrogens is 1. The Kier molecular flexibility index (Phi) is 3.91. The van der Waals surface area contributed by atoms with Gasteiger partial charge in [0.15, 0.2) is 5.69 Å². The van der Waals surface area contributed by atoms with Crippen molar-refractivity contribution in [3.8, 4) is 0 Å². The van der Waals surface area contributed by atoms with Crippen LogP contribution in [0.2, 0.25) is 0 Å². The van der Waals surface area contributed by atoms with E-state index in [-0.39, 0.29) is 12.3 Å².